The van der Waals surface area contributed by atoms with Gasteiger partial charge in [0.25, 0.3) is 0 Å². The molecule has 108 valence electrons. The number of rotatable bonds is 7. The quantitative estimate of drug-likeness (QED) is 0.754. The normalized spacial score (nSPS) is 20.5. The second kappa shape index (κ2) is 6.98. The summed E-state index contributed by atoms with van der Waals surface area (Å²) < 4.78 is 1.95. The van der Waals surface area contributed by atoms with Crippen molar-refractivity contribution in [3.63, 3.8) is 0 Å². The van der Waals surface area contributed by atoms with E-state index in [1.165, 1.54) is 19.5 Å². The van der Waals surface area contributed by atoms with Crippen molar-refractivity contribution < 1.29 is 0 Å². The molecule has 1 aromatic rings. The van der Waals surface area contributed by atoms with Crippen LogP contribution in [-0.2, 0) is 13.1 Å². The average Bonchev–Trinajstić information content (AvgIpc) is 3.03. The van der Waals surface area contributed by atoms with Crippen LogP contribution in [0.3, 0.4) is 0 Å². The van der Waals surface area contributed by atoms with Gasteiger partial charge in [-0.1, -0.05) is 12.1 Å². The predicted molar refractivity (Wildman–Crippen MR) is 75.9 cm³/mol. The molecule has 2 rings (SSSR count). The molecule has 0 radical (unpaired) electrons. The number of nitrogens with zero attached hydrogens (tertiary/aromatic N) is 5. The number of nitrogens with one attached hydrogen (secondary N) is 1. The summed E-state index contributed by atoms with van der Waals surface area (Å²) in [6.45, 7) is 8.23. The van der Waals surface area contributed by atoms with Crippen LogP contribution in [0.25, 0.3) is 0 Å². The zero-order valence-electron chi connectivity index (χ0n) is 12.3. The van der Waals surface area contributed by atoms with E-state index in [9.17, 15) is 0 Å². The summed E-state index contributed by atoms with van der Waals surface area (Å²) in [4.78, 5) is 4.83. The molecule has 0 aromatic carbocycles. The number of likely N-dealkylation sites (N-methyl/N-ethyl adjacent to an activating group) is 1. The highest BCUT2D eigenvalue weighted by Crippen LogP contribution is 2.12. The summed E-state index contributed by atoms with van der Waals surface area (Å²) in [5.74, 6) is 0. The minimum Gasteiger partial charge on any atom is -0.311 e. The summed E-state index contributed by atoms with van der Waals surface area (Å²) >= 11 is 0. The highest BCUT2D eigenvalue weighted by molar-refractivity contribution is 4.91. The van der Waals surface area contributed by atoms with E-state index in [1.807, 2.05) is 10.9 Å². The maximum Gasteiger partial charge on any atom is 0.0964 e. The van der Waals surface area contributed by atoms with Crippen molar-refractivity contribution in [2.75, 3.05) is 40.3 Å². The van der Waals surface area contributed by atoms with Crippen molar-refractivity contribution >= 4 is 0 Å². The van der Waals surface area contributed by atoms with E-state index in [2.05, 4.69) is 46.4 Å². The maximum absolute atomic E-state index is 4.17. The van der Waals surface area contributed by atoms with Crippen LogP contribution in [0.15, 0.2) is 6.20 Å². The lowest BCUT2D eigenvalue weighted by molar-refractivity contribution is 0.260. The summed E-state index contributed by atoms with van der Waals surface area (Å²) in [6.07, 6.45) is 3.32. The van der Waals surface area contributed by atoms with Gasteiger partial charge in [0.1, 0.15) is 0 Å². The Kier molecular flexibility index (Phi) is 5.30. The fourth-order valence-electron chi connectivity index (χ4n) is 2.46. The van der Waals surface area contributed by atoms with Crippen LogP contribution in [0, 0.1) is 0 Å². The van der Waals surface area contributed by atoms with Crippen LogP contribution in [0.5, 0.6) is 0 Å². The number of likely N-dealkylation sites (tertiary alicyclic amines) is 1. The van der Waals surface area contributed by atoms with Gasteiger partial charge in [-0.3, -0.25) is 9.58 Å². The van der Waals surface area contributed by atoms with Crippen molar-refractivity contribution in [1.82, 2.24) is 30.1 Å². The van der Waals surface area contributed by atoms with Crippen LogP contribution in [-0.4, -0.2) is 71.1 Å². The van der Waals surface area contributed by atoms with Crippen LogP contribution in [0.4, 0.5) is 0 Å². The zero-order chi connectivity index (χ0) is 13.7. The van der Waals surface area contributed by atoms with E-state index >= 15 is 0 Å². The summed E-state index contributed by atoms with van der Waals surface area (Å²) in [5.41, 5.74) is 1.02. The molecule has 1 unspecified atom stereocenters. The zero-order valence-corrected chi connectivity index (χ0v) is 12.3. The van der Waals surface area contributed by atoms with Crippen molar-refractivity contribution in [3.8, 4) is 0 Å². The van der Waals surface area contributed by atoms with Crippen LogP contribution >= 0.6 is 0 Å². The van der Waals surface area contributed by atoms with Crippen molar-refractivity contribution in [2.45, 2.75) is 32.5 Å². The molecule has 1 aliphatic heterocycles. The fourth-order valence-corrected chi connectivity index (χ4v) is 2.46. The topological polar surface area (TPSA) is 49.2 Å². The molecule has 0 amide bonds. The largest absolute Gasteiger partial charge is 0.311 e. The lowest BCUT2D eigenvalue weighted by Gasteiger charge is -2.20. The minimum atomic E-state index is 0.708. The molecule has 0 aliphatic carbocycles. The number of hydrogen-bond donors (Lipinski definition) is 1. The monoisotopic (exact) mass is 266 g/mol. The Morgan fingerprint density at radius 2 is 2.26 bits per heavy atom. The van der Waals surface area contributed by atoms with Crippen LogP contribution in [0.1, 0.15) is 19.0 Å². The highest BCUT2D eigenvalue weighted by Gasteiger charge is 2.23. The first kappa shape index (κ1) is 14.4. The van der Waals surface area contributed by atoms with Gasteiger partial charge in [-0.2, -0.15) is 0 Å². The third-order valence-corrected chi connectivity index (χ3v) is 3.77. The summed E-state index contributed by atoms with van der Waals surface area (Å²) in [6, 6.07) is 0.708. The lowest BCUT2D eigenvalue weighted by atomic mass is 10.2. The molecule has 1 aliphatic rings. The van der Waals surface area contributed by atoms with Gasteiger partial charge in [0.05, 0.1) is 12.2 Å². The number of aromatic nitrogens is 3. The molecular weight excluding hydrogens is 240 g/mol. The second-order valence-corrected chi connectivity index (χ2v) is 5.46. The third-order valence-electron chi connectivity index (χ3n) is 3.77. The van der Waals surface area contributed by atoms with E-state index in [0.29, 0.717) is 6.04 Å². The molecule has 1 fully saturated rings. The average molecular weight is 266 g/mol. The van der Waals surface area contributed by atoms with Gasteiger partial charge in [-0.05, 0) is 33.6 Å². The first-order valence-corrected chi connectivity index (χ1v) is 7.17. The maximum atomic E-state index is 4.17. The smallest absolute Gasteiger partial charge is 0.0964 e. The molecule has 6 nitrogen and oxygen atoms in total. The molecule has 6 heteroatoms. The van der Waals surface area contributed by atoms with Gasteiger partial charge in [0.2, 0.25) is 0 Å². The Morgan fingerprint density at radius 3 is 2.95 bits per heavy atom. The standard InChI is InChI=1S/C13H26N6/c1-4-14-9-12-10-19(16-15-12)8-7-18-6-5-13(11-18)17(2)3/h10,13-14H,4-9,11H2,1-3H3. The van der Waals surface area contributed by atoms with E-state index in [-0.39, 0.29) is 0 Å². The third kappa shape index (κ3) is 4.26. The molecule has 0 spiro atoms. The summed E-state index contributed by atoms with van der Waals surface area (Å²) in [7, 11) is 4.33. The summed E-state index contributed by atoms with van der Waals surface area (Å²) in [5, 5.41) is 11.6. The van der Waals surface area contributed by atoms with E-state index < -0.39 is 0 Å². The Labute approximate surface area is 115 Å². The van der Waals surface area contributed by atoms with Crippen LogP contribution < -0.4 is 5.32 Å². The van der Waals surface area contributed by atoms with E-state index in [1.54, 1.807) is 0 Å². The Morgan fingerprint density at radius 1 is 1.42 bits per heavy atom. The Bertz CT molecular complexity index is 375. The van der Waals surface area contributed by atoms with E-state index in [0.717, 1.165) is 31.9 Å². The van der Waals surface area contributed by atoms with Crippen molar-refractivity contribution in [1.29, 1.82) is 0 Å². The van der Waals surface area contributed by atoms with Gasteiger partial charge in [0.15, 0.2) is 0 Å². The molecule has 1 saturated heterocycles. The SMILES string of the molecule is CCNCc1cn(CCN2CCC(N(C)C)C2)nn1. The molecule has 1 aromatic heterocycles. The molecule has 1 N–H and O–H groups in total. The van der Waals surface area contributed by atoms with Crippen LogP contribution in [0.2, 0.25) is 0 Å². The molecule has 0 bridgehead atoms. The molecule has 2 heterocycles. The van der Waals surface area contributed by atoms with Gasteiger partial charge < -0.3 is 10.2 Å². The lowest BCUT2D eigenvalue weighted by Crippen LogP contribution is -2.32. The number of hydrogen-bond acceptors (Lipinski definition) is 5. The molecule has 0 saturated carbocycles. The predicted octanol–water partition coefficient (Wildman–Crippen LogP) is 0.0235. The van der Waals surface area contributed by atoms with Gasteiger partial charge in [0, 0.05) is 31.9 Å². The second-order valence-electron chi connectivity index (χ2n) is 5.46. The van der Waals surface area contributed by atoms with Crippen molar-refractivity contribution in [3.05, 3.63) is 11.9 Å². The van der Waals surface area contributed by atoms with Crippen molar-refractivity contribution in [2.24, 2.45) is 0 Å². The van der Waals surface area contributed by atoms with E-state index in [4.69, 9.17) is 0 Å². The Hall–Kier alpha value is -0.980. The minimum absolute atomic E-state index is 0.708. The first-order chi connectivity index (χ1) is 9.19. The fraction of sp³-hybridized carbons (Fsp3) is 0.846. The van der Waals surface area contributed by atoms with Gasteiger partial charge in [-0.25, -0.2) is 0 Å². The Balaban J connectivity index is 1.72. The van der Waals surface area contributed by atoms with Gasteiger partial charge >= 0.3 is 0 Å². The highest BCUT2D eigenvalue weighted by atomic mass is 15.4. The van der Waals surface area contributed by atoms with Gasteiger partial charge in [-0.15, -0.1) is 5.10 Å². The molecule has 19 heavy (non-hydrogen) atoms. The molecule has 1 atom stereocenters. The first-order valence-electron chi connectivity index (χ1n) is 7.17. The molecular formula is C13H26N6.